The molecule has 0 atom stereocenters. The minimum Gasteiger partial charge on any atom is -0.379 e. The molecule has 1 saturated carbocycles. The molecule has 0 unspecified atom stereocenters. The van der Waals surface area contributed by atoms with Crippen molar-refractivity contribution in [1.82, 2.24) is 19.5 Å². The number of fused-ring (bicyclic) bond motifs is 1. The molecule has 2 saturated heterocycles. The third-order valence-corrected chi connectivity index (χ3v) is 6.42. The number of carbonyl (C=O) groups excluding carboxylic acids is 1. The molecule has 1 amide bonds. The highest BCUT2D eigenvalue weighted by Gasteiger charge is 2.30. The number of aromatic nitrogens is 3. The van der Waals surface area contributed by atoms with Crippen molar-refractivity contribution in [2.45, 2.75) is 32.1 Å². The lowest BCUT2D eigenvalue weighted by molar-refractivity contribution is -0.117. The van der Waals surface area contributed by atoms with Crippen molar-refractivity contribution in [2.24, 2.45) is 11.8 Å². The summed E-state index contributed by atoms with van der Waals surface area (Å²) in [5, 5.41) is 7.43. The Morgan fingerprint density at radius 3 is 2.66 bits per heavy atom. The summed E-state index contributed by atoms with van der Waals surface area (Å²) in [6, 6.07) is 6.07. The van der Waals surface area contributed by atoms with E-state index in [4.69, 9.17) is 4.74 Å². The fraction of sp³-hybridized carbons (Fsp3) is 0.667. The zero-order chi connectivity index (χ0) is 19.6. The third kappa shape index (κ3) is 4.38. The van der Waals surface area contributed by atoms with Crippen LogP contribution in [-0.2, 0) is 9.53 Å². The first kappa shape index (κ1) is 18.8. The van der Waals surface area contributed by atoms with Crippen molar-refractivity contribution in [1.29, 1.82) is 0 Å². The molecule has 3 fully saturated rings. The number of morpholine rings is 1. The summed E-state index contributed by atoms with van der Waals surface area (Å²) in [6.45, 7) is 7.18. The number of nitrogens with one attached hydrogen (secondary N) is 1. The molecule has 2 aromatic heterocycles. The van der Waals surface area contributed by atoms with Gasteiger partial charge in [0.1, 0.15) is 5.82 Å². The average molecular weight is 399 g/mol. The summed E-state index contributed by atoms with van der Waals surface area (Å²) in [7, 11) is 0. The second-order valence-corrected chi connectivity index (χ2v) is 8.53. The van der Waals surface area contributed by atoms with Gasteiger partial charge in [0.05, 0.1) is 13.2 Å². The summed E-state index contributed by atoms with van der Waals surface area (Å²) in [5.41, 5.74) is 0.781. The Bertz CT molecular complexity index is 850. The monoisotopic (exact) mass is 398 g/mol. The van der Waals surface area contributed by atoms with Gasteiger partial charge in [0.25, 0.3) is 0 Å². The van der Waals surface area contributed by atoms with Crippen LogP contribution in [0.4, 0.5) is 11.8 Å². The minimum atomic E-state index is 0.0449. The van der Waals surface area contributed by atoms with E-state index in [0.29, 0.717) is 5.95 Å². The number of anilines is 2. The number of piperidine rings is 1. The lowest BCUT2D eigenvalue weighted by atomic mass is 9.93. The van der Waals surface area contributed by atoms with Crippen molar-refractivity contribution >= 4 is 23.3 Å². The normalized spacial score (nSPS) is 21.6. The smallest absolute Gasteiger partial charge is 0.249 e. The molecule has 156 valence electrons. The fourth-order valence-corrected chi connectivity index (χ4v) is 4.38. The molecule has 8 nitrogen and oxygen atoms in total. The Kier molecular flexibility index (Phi) is 5.37. The lowest BCUT2D eigenvalue weighted by Gasteiger charge is -2.35. The molecule has 3 aliphatic rings. The summed E-state index contributed by atoms with van der Waals surface area (Å²) >= 11 is 0. The number of hydrogen-bond acceptors (Lipinski definition) is 6. The van der Waals surface area contributed by atoms with Gasteiger partial charge in [-0.3, -0.25) is 15.0 Å². The highest BCUT2D eigenvalue weighted by atomic mass is 16.5. The van der Waals surface area contributed by atoms with Crippen LogP contribution in [0.3, 0.4) is 0 Å². The van der Waals surface area contributed by atoms with Crippen LogP contribution in [0.25, 0.3) is 5.65 Å². The van der Waals surface area contributed by atoms with Gasteiger partial charge in [-0.25, -0.2) is 0 Å². The van der Waals surface area contributed by atoms with Gasteiger partial charge in [-0.15, -0.1) is 5.10 Å². The maximum Gasteiger partial charge on any atom is 0.249 e. The SMILES string of the molecule is O=C(Nc1nc2cccc(N3CCC(CCN4CCOCC4)CC3)n2n1)C1CC1. The molecule has 4 heterocycles. The van der Waals surface area contributed by atoms with E-state index in [1.54, 1.807) is 0 Å². The number of nitrogens with zero attached hydrogens (tertiary/aromatic N) is 5. The molecule has 5 rings (SSSR count). The van der Waals surface area contributed by atoms with Crippen molar-refractivity contribution < 1.29 is 9.53 Å². The quantitative estimate of drug-likeness (QED) is 0.802. The molecule has 0 radical (unpaired) electrons. The van der Waals surface area contributed by atoms with E-state index in [1.807, 2.05) is 16.6 Å². The van der Waals surface area contributed by atoms with E-state index < -0.39 is 0 Å². The molecular formula is C21H30N6O2. The van der Waals surface area contributed by atoms with E-state index in [2.05, 4.69) is 31.3 Å². The van der Waals surface area contributed by atoms with Gasteiger partial charge < -0.3 is 9.64 Å². The molecule has 2 aliphatic heterocycles. The lowest BCUT2D eigenvalue weighted by Crippen LogP contribution is -2.39. The van der Waals surface area contributed by atoms with Crippen LogP contribution in [0.15, 0.2) is 18.2 Å². The predicted octanol–water partition coefficient (Wildman–Crippen LogP) is 2.02. The molecule has 0 aromatic carbocycles. The highest BCUT2D eigenvalue weighted by Crippen LogP contribution is 2.30. The van der Waals surface area contributed by atoms with Crippen molar-refractivity contribution in [3.8, 4) is 0 Å². The molecule has 1 N–H and O–H groups in total. The number of pyridine rings is 1. The summed E-state index contributed by atoms with van der Waals surface area (Å²) in [5.74, 6) is 2.46. The van der Waals surface area contributed by atoms with Gasteiger partial charge in [0.15, 0.2) is 5.65 Å². The molecule has 1 aliphatic carbocycles. The Balaban J connectivity index is 1.19. The topological polar surface area (TPSA) is 75.0 Å². The Morgan fingerprint density at radius 2 is 1.90 bits per heavy atom. The van der Waals surface area contributed by atoms with Crippen molar-refractivity contribution in [3.05, 3.63) is 18.2 Å². The van der Waals surface area contributed by atoms with E-state index in [0.717, 1.165) is 69.6 Å². The molecule has 29 heavy (non-hydrogen) atoms. The fourth-order valence-electron chi connectivity index (χ4n) is 4.38. The van der Waals surface area contributed by atoms with Gasteiger partial charge in [-0.2, -0.15) is 9.50 Å². The molecule has 0 spiro atoms. The second-order valence-electron chi connectivity index (χ2n) is 8.53. The van der Waals surface area contributed by atoms with Crippen LogP contribution in [0.1, 0.15) is 32.1 Å². The maximum absolute atomic E-state index is 12.0. The number of carbonyl (C=O) groups is 1. The zero-order valence-electron chi connectivity index (χ0n) is 16.9. The second kappa shape index (κ2) is 8.28. The number of amides is 1. The largest absolute Gasteiger partial charge is 0.379 e. The Morgan fingerprint density at radius 1 is 1.10 bits per heavy atom. The molecule has 8 heteroatoms. The average Bonchev–Trinajstić information content (AvgIpc) is 3.53. The predicted molar refractivity (Wildman–Crippen MR) is 111 cm³/mol. The van der Waals surface area contributed by atoms with Crippen molar-refractivity contribution in [3.63, 3.8) is 0 Å². The highest BCUT2D eigenvalue weighted by molar-refractivity contribution is 5.92. The molecule has 0 bridgehead atoms. The first-order valence-corrected chi connectivity index (χ1v) is 11.0. The zero-order valence-corrected chi connectivity index (χ0v) is 16.9. The van der Waals surface area contributed by atoms with Crippen LogP contribution in [0, 0.1) is 11.8 Å². The molecule has 2 aromatic rings. The van der Waals surface area contributed by atoms with Crippen LogP contribution in [-0.4, -0.2) is 71.3 Å². The Labute approximate surface area is 171 Å². The van der Waals surface area contributed by atoms with Crippen LogP contribution < -0.4 is 10.2 Å². The Hall–Kier alpha value is -2.19. The van der Waals surface area contributed by atoms with Crippen LogP contribution >= 0.6 is 0 Å². The minimum absolute atomic E-state index is 0.0449. The van der Waals surface area contributed by atoms with Gasteiger partial charge >= 0.3 is 0 Å². The van der Waals surface area contributed by atoms with Crippen LogP contribution in [0.2, 0.25) is 0 Å². The summed E-state index contributed by atoms with van der Waals surface area (Å²) < 4.78 is 7.31. The standard InChI is InChI=1S/C21H30N6O2/c28-20(17-4-5-17)23-21-22-18-2-1-3-19(27(18)24-21)26-10-7-16(8-11-26)6-9-25-12-14-29-15-13-25/h1-3,16-17H,4-15H2,(H,23,24,28). The van der Waals surface area contributed by atoms with Gasteiger partial charge in [0, 0.05) is 32.1 Å². The summed E-state index contributed by atoms with van der Waals surface area (Å²) in [6.07, 6.45) is 5.65. The summed E-state index contributed by atoms with van der Waals surface area (Å²) in [4.78, 5) is 21.5. The number of hydrogen-bond donors (Lipinski definition) is 1. The third-order valence-electron chi connectivity index (χ3n) is 6.42. The van der Waals surface area contributed by atoms with Gasteiger partial charge in [-0.05, 0) is 56.7 Å². The molecular weight excluding hydrogens is 368 g/mol. The van der Waals surface area contributed by atoms with Gasteiger partial charge in [-0.1, -0.05) is 6.07 Å². The van der Waals surface area contributed by atoms with E-state index in [-0.39, 0.29) is 11.8 Å². The first-order valence-electron chi connectivity index (χ1n) is 11.0. The van der Waals surface area contributed by atoms with E-state index in [9.17, 15) is 4.79 Å². The van der Waals surface area contributed by atoms with E-state index >= 15 is 0 Å². The maximum atomic E-state index is 12.0. The number of ether oxygens (including phenoxy) is 1. The van der Waals surface area contributed by atoms with E-state index in [1.165, 1.54) is 25.8 Å². The van der Waals surface area contributed by atoms with Crippen LogP contribution in [0.5, 0.6) is 0 Å². The first-order chi connectivity index (χ1) is 14.3. The van der Waals surface area contributed by atoms with Gasteiger partial charge in [0.2, 0.25) is 11.9 Å². The number of rotatable bonds is 6. The van der Waals surface area contributed by atoms with Crippen molar-refractivity contribution in [2.75, 3.05) is 56.2 Å².